The molecule has 0 saturated carbocycles. The van der Waals surface area contributed by atoms with E-state index in [-0.39, 0.29) is 0 Å². The van der Waals surface area contributed by atoms with E-state index in [1.807, 2.05) is 32.2 Å². The van der Waals surface area contributed by atoms with Crippen molar-refractivity contribution in [3.8, 4) is 5.75 Å². The number of phenols is 1. The van der Waals surface area contributed by atoms with Gasteiger partial charge in [0.15, 0.2) is 0 Å². The van der Waals surface area contributed by atoms with Gasteiger partial charge in [-0.05, 0) is 43.2 Å². The van der Waals surface area contributed by atoms with Gasteiger partial charge in [0.2, 0.25) is 0 Å². The molecule has 0 amide bonds. The molecule has 0 unspecified atom stereocenters. The summed E-state index contributed by atoms with van der Waals surface area (Å²) in [7, 11) is 0. The van der Waals surface area contributed by atoms with Crippen LogP contribution in [0.5, 0.6) is 5.75 Å². The van der Waals surface area contributed by atoms with Crippen LogP contribution in [0.15, 0.2) is 24.4 Å². The molecule has 0 spiro atoms. The van der Waals surface area contributed by atoms with Crippen LogP contribution < -0.4 is 0 Å². The van der Waals surface area contributed by atoms with Crippen LogP contribution in [0.3, 0.4) is 0 Å². The van der Waals surface area contributed by atoms with Gasteiger partial charge in [-0.3, -0.25) is 0 Å². The molecular weight excluding hydrogens is 200 g/mol. The summed E-state index contributed by atoms with van der Waals surface area (Å²) in [5, 5.41) is 11.8. The molecule has 1 aromatic carbocycles. The second-order valence-electron chi connectivity index (χ2n) is 4.24. The Hall–Kier alpha value is -2.03. The summed E-state index contributed by atoms with van der Waals surface area (Å²) in [6.45, 7) is 3.96. The summed E-state index contributed by atoms with van der Waals surface area (Å²) in [6, 6.07) is 5.83. The highest BCUT2D eigenvalue weighted by Gasteiger charge is 2.09. The molecule has 0 radical (unpaired) electrons. The summed E-state index contributed by atoms with van der Waals surface area (Å²) in [6.07, 6.45) is 1.82. The monoisotopic (exact) mass is 212 g/mol. The minimum absolute atomic E-state index is 0.314. The maximum absolute atomic E-state index is 9.98. The van der Waals surface area contributed by atoms with E-state index in [0.717, 1.165) is 33.1 Å². The predicted molar refractivity (Wildman–Crippen MR) is 64.7 cm³/mol. The number of aromatic hydroxyl groups is 1. The standard InChI is InChI=1S/C13H12N2O/c1-7-4-10-12(11(16)5-7)9-3-8(2)6-14-13(9)15-10/h3-6,16H,1-2H3,(H,14,15). The molecule has 0 bridgehead atoms. The van der Waals surface area contributed by atoms with E-state index >= 15 is 0 Å². The van der Waals surface area contributed by atoms with Gasteiger partial charge in [0.25, 0.3) is 0 Å². The van der Waals surface area contributed by atoms with Crippen LogP contribution in [-0.4, -0.2) is 15.1 Å². The Balaban J connectivity index is 2.57. The zero-order valence-corrected chi connectivity index (χ0v) is 9.20. The number of aryl methyl sites for hydroxylation is 2. The number of nitrogens with zero attached hydrogens (tertiary/aromatic N) is 1. The van der Waals surface area contributed by atoms with E-state index in [1.165, 1.54) is 0 Å². The van der Waals surface area contributed by atoms with E-state index in [1.54, 1.807) is 6.07 Å². The van der Waals surface area contributed by atoms with Crippen LogP contribution in [0.2, 0.25) is 0 Å². The highest BCUT2D eigenvalue weighted by Crippen LogP contribution is 2.32. The molecule has 2 aromatic heterocycles. The average molecular weight is 212 g/mol. The molecule has 2 heterocycles. The number of nitrogens with one attached hydrogen (secondary N) is 1. The Morgan fingerprint density at radius 1 is 1.12 bits per heavy atom. The summed E-state index contributed by atoms with van der Waals surface area (Å²) in [5.74, 6) is 0.314. The number of pyridine rings is 1. The summed E-state index contributed by atoms with van der Waals surface area (Å²) >= 11 is 0. The Morgan fingerprint density at radius 2 is 1.94 bits per heavy atom. The van der Waals surface area contributed by atoms with Crippen LogP contribution in [0, 0.1) is 13.8 Å². The highest BCUT2D eigenvalue weighted by atomic mass is 16.3. The van der Waals surface area contributed by atoms with Crippen molar-refractivity contribution in [1.29, 1.82) is 0 Å². The zero-order chi connectivity index (χ0) is 11.3. The van der Waals surface area contributed by atoms with Gasteiger partial charge in [0.05, 0.1) is 10.9 Å². The van der Waals surface area contributed by atoms with Gasteiger partial charge < -0.3 is 10.1 Å². The Morgan fingerprint density at radius 3 is 2.75 bits per heavy atom. The van der Waals surface area contributed by atoms with Crippen molar-refractivity contribution in [2.75, 3.05) is 0 Å². The summed E-state index contributed by atoms with van der Waals surface area (Å²) in [5.41, 5.74) is 3.88. The third-order valence-electron chi connectivity index (χ3n) is 2.81. The Bertz CT molecular complexity index is 698. The largest absolute Gasteiger partial charge is 0.507 e. The van der Waals surface area contributed by atoms with E-state index in [2.05, 4.69) is 9.97 Å². The van der Waals surface area contributed by atoms with Gasteiger partial charge in [-0.2, -0.15) is 0 Å². The fourth-order valence-corrected chi connectivity index (χ4v) is 2.14. The normalized spacial score (nSPS) is 11.4. The molecular formula is C13H12N2O. The maximum atomic E-state index is 9.98. The lowest BCUT2D eigenvalue weighted by atomic mass is 10.1. The quantitative estimate of drug-likeness (QED) is 0.601. The van der Waals surface area contributed by atoms with Crippen LogP contribution >= 0.6 is 0 Å². The van der Waals surface area contributed by atoms with Crippen LogP contribution in [0.1, 0.15) is 11.1 Å². The Labute approximate surface area is 92.7 Å². The molecule has 0 saturated heterocycles. The van der Waals surface area contributed by atoms with Gasteiger partial charge in [-0.1, -0.05) is 0 Å². The minimum Gasteiger partial charge on any atom is -0.507 e. The maximum Gasteiger partial charge on any atom is 0.138 e. The van der Waals surface area contributed by atoms with Crippen LogP contribution in [0.25, 0.3) is 21.9 Å². The second-order valence-corrected chi connectivity index (χ2v) is 4.24. The first-order chi connectivity index (χ1) is 7.65. The molecule has 3 nitrogen and oxygen atoms in total. The predicted octanol–water partition coefficient (Wildman–Crippen LogP) is 3.04. The minimum atomic E-state index is 0.314. The molecule has 80 valence electrons. The number of fused-ring (bicyclic) bond motifs is 3. The average Bonchev–Trinajstić information content (AvgIpc) is 2.54. The lowest BCUT2D eigenvalue weighted by Gasteiger charge is -1.98. The molecule has 0 aliphatic rings. The van der Waals surface area contributed by atoms with Gasteiger partial charge in [0.1, 0.15) is 11.4 Å². The van der Waals surface area contributed by atoms with Crippen molar-refractivity contribution < 1.29 is 5.11 Å². The number of H-pyrrole nitrogens is 1. The molecule has 2 N–H and O–H groups in total. The van der Waals surface area contributed by atoms with Gasteiger partial charge in [0, 0.05) is 11.6 Å². The van der Waals surface area contributed by atoms with Gasteiger partial charge in [-0.15, -0.1) is 0 Å². The van der Waals surface area contributed by atoms with Crippen molar-refractivity contribution in [3.05, 3.63) is 35.5 Å². The number of phenolic OH excluding ortho intramolecular Hbond substituents is 1. The molecule has 3 aromatic rings. The topological polar surface area (TPSA) is 48.9 Å². The summed E-state index contributed by atoms with van der Waals surface area (Å²) in [4.78, 5) is 7.54. The first kappa shape index (κ1) is 9.21. The van der Waals surface area contributed by atoms with Crippen LogP contribution in [-0.2, 0) is 0 Å². The van der Waals surface area contributed by atoms with Crippen molar-refractivity contribution in [2.45, 2.75) is 13.8 Å². The lowest BCUT2D eigenvalue weighted by Crippen LogP contribution is -1.77. The Kier molecular flexibility index (Phi) is 1.72. The van der Waals surface area contributed by atoms with Crippen molar-refractivity contribution >= 4 is 21.9 Å². The number of hydrogen-bond acceptors (Lipinski definition) is 2. The van der Waals surface area contributed by atoms with E-state index in [4.69, 9.17) is 0 Å². The van der Waals surface area contributed by atoms with Crippen molar-refractivity contribution in [3.63, 3.8) is 0 Å². The number of benzene rings is 1. The molecule has 3 heteroatoms. The van der Waals surface area contributed by atoms with Gasteiger partial charge >= 0.3 is 0 Å². The molecule has 0 fully saturated rings. The van der Waals surface area contributed by atoms with E-state index in [9.17, 15) is 5.11 Å². The third kappa shape index (κ3) is 1.18. The van der Waals surface area contributed by atoms with Crippen molar-refractivity contribution in [1.82, 2.24) is 9.97 Å². The molecule has 0 aliphatic heterocycles. The smallest absolute Gasteiger partial charge is 0.138 e. The number of rotatable bonds is 0. The first-order valence-electron chi connectivity index (χ1n) is 5.23. The van der Waals surface area contributed by atoms with E-state index < -0.39 is 0 Å². The molecule has 16 heavy (non-hydrogen) atoms. The lowest BCUT2D eigenvalue weighted by molar-refractivity contribution is 0.481. The fraction of sp³-hybridized carbons (Fsp3) is 0.154. The summed E-state index contributed by atoms with van der Waals surface area (Å²) < 4.78 is 0. The van der Waals surface area contributed by atoms with Gasteiger partial charge in [-0.25, -0.2) is 4.98 Å². The third-order valence-corrected chi connectivity index (χ3v) is 2.81. The molecule has 0 atom stereocenters. The second kappa shape index (κ2) is 2.98. The SMILES string of the molecule is Cc1cc(O)c2c(c1)[nH]c1ncc(C)cc12. The number of hydrogen-bond donors (Lipinski definition) is 2. The number of aromatic amines is 1. The van der Waals surface area contributed by atoms with Crippen molar-refractivity contribution in [2.24, 2.45) is 0 Å². The molecule has 3 rings (SSSR count). The van der Waals surface area contributed by atoms with Crippen LogP contribution in [0.4, 0.5) is 0 Å². The first-order valence-corrected chi connectivity index (χ1v) is 5.23. The highest BCUT2D eigenvalue weighted by molar-refractivity contribution is 6.09. The van der Waals surface area contributed by atoms with E-state index in [0.29, 0.717) is 5.75 Å². The molecule has 0 aliphatic carbocycles. The zero-order valence-electron chi connectivity index (χ0n) is 9.20. The number of aromatic nitrogens is 2. The fourth-order valence-electron chi connectivity index (χ4n) is 2.14.